The lowest BCUT2D eigenvalue weighted by atomic mass is 9.81. The van der Waals surface area contributed by atoms with Crippen LogP contribution in [0.3, 0.4) is 0 Å². The van der Waals surface area contributed by atoms with Gasteiger partial charge in [-0.15, -0.1) is 0 Å². The predicted octanol–water partition coefficient (Wildman–Crippen LogP) is 18.0. The minimum Gasteiger partial charge on any atom is -0.310 e. The van der Waals surface area contributed by atoms with Crippen LogP contribution >= 0.6 is 0 Å². The smallest absolute Gasteiger partial charge is 0.0540 e. The summed E-state index contributed by atoms with van der Waals surface area (Å²) in [6.45, 7) is 6.96. The predicted molar refractivity (Wildman–Crippen MR) is 284 cm³/mol. The monoisotopic (exact) mass is 861 g/mol. The Kier molecular flexibility index (Phi) is 10.8. The number of para-hydroxylation sites is 5. The van der Waals surface area contributed by atoms with Gasteiger partial charge in [-0.05, 0) is 142 Å². The normalized spacial score (nSPS) is 12.2. The molecule has 0 radical (unpaired) electrons. The highest BCUT2D eigenvalue weighted by atomic mass is 15.2. The molecular formula is C64H51N3. The SMILES string of the molecule is Cc1cccc2c1-c1ccc(-c3ccc(N(c4cc(N(c5ccccc5)c5ccccc5)cc(N(c5ccccc5)c5ccccc5)c4)c4ccccc4-c4ccccc4)cc3)cc1C2(C)C. The van der Waals surface area contributed by atoms with Crippen molar-refractivity contribution in [2.45, 2.75) is 26.2 Å². The molecule has 0 spiro atoms. The summed E-state index contributed by atoms with van der Waals surface area (Å²) in [7, 11) is 0. The topological polar surface area (TPSA) is 9.72 Å². The Balaban J connectivity index is 1.13. The van der Waals surface area contributed by atoms with E-state index >= 15 is 0 Å². The van der Waals surface area contributed by atoms with E-state index in [1.165, 1.54) is 38.9 Å². The molecule has 322 valence electrons. The van der Waals surface area contributed by atoms with Gasteiger partial charge in [0.05, 0.1) is 22.7 Å². The highest BCUT2D eigenvalue weighted by Crippen LogP contribution is 2.52. The molecule has 1 aliphatic carbocycles. The van der Waals surface area contributed by atoms with Crippen molar-refractivity contribution >= 4 is 51.2 Å². The summed E-state index contributed by atoms with van der Waals surface area (Å²) in [5.74, 6) is 0. The first-order valence-electron chi connectivity index (χ1n) is 23.2. The van der Waals surface area contributed by atoms with Gasteiger partial charge < -0.3 is 14.7 Å². The first-order chi connectivity index (χ1) is 32.9. The summed E-state index contributed by atoms with van der Waals surface area (Å²) in [6.07, 6.45) is 0. The summed E-state index contributed by atoms with van der Waals surface area (Å²) < 4.78 is 0. The maximum absolute atomic E-state index is 2.44. The minimum absolute atomic E-state index is 0.0892. The van der Waals surface area contributed by atoms with Crippen molar-refractivity contribution in [3.8, 4) is 33.4 Å². The average molecular weight is 862 g/mol. The molecular weight excluding hydrogens is 811 g/mol. The number of anilines is 9. The number of fused-ring (bicyclic) bond motifs is 3. The fraction of sp³-hybridized carbons (Fsp3) is 0.0625. The van der Waals surface area contributed by atoms with Crippen molar-refractivity contribution in [1.29, 1.82) is 0 Å². The zero-order chi connectivity index (χ0) is 45.3. The Morgan fingerprint density at radius 2 is 0.716 bits per heavy atom. The maximum Gasteiger partial charge on any atom is 0.0540 e. The Labute approximate surface area is 395 Å². The van der Waals surface area contributed by atoms with E-state index in [0.717, 1.165) is 62.3 Å². The van der Waals surface area contributed by atoms with Gasteiger partial charge in [-0.3, -0.25) is 0 Å². The van der Waals surface area contributed by atoms with Crippen molar-refractivity contribution in [1.82, 2.24) is 0 Å². The van der Waals surface area contributed by atoms with Crippen LogP contribution in [0.1, 0.15) is 30.5 Å². The van der Waals surface area contributed by atoms with E-state index in [9.17, 15) is 0 Å². The molecule has 0 amide bonds. The fourth-order valence-electron chi connectivity index (χ4n) is 10.1. The molecule has 3 nitrogen and oxygen atoms in total. The van der Waals surface area contributed by atoms with E-state index in [1.807, 2.05) is 0 Å². The molecule has 0 unspecified atom stereocenters. The van der Waals surface area contributed by atoms with E-state index in [2.05, 4.69) is 290 Å². The number of hydrogen-bond donors (Lipinski definition) is 0. The molecule has 10 aromatic rings. The van der Waals surface area contributed by atoms with E-state index in [4.69, 9.17) is 0 Å². The van der Waals surface area contributed by atoms with Crippen LogP contribution < -0.4 is 14.7 Å². The molecule has 11 rings (SSSR count). The standard InChI is InChI=1S/C64H51N3/c1-46-22-21-34-60-63(46)59-41-38-49(42-61(59)64(60,2)3)47-36-39-54(40-37-47)67(62-35-20-19-33-58(62)48-23-9-4-10-24-48)57-44-55(65(50-25-11-5-12-26-50)51-27-13-6-14-28-51)43-56(45-57)66(52-29-15-7-16-30-52)53-31-17-8-18-32-53/h4-45H,1-3H3. The summed E-state index contributed by atoms with van der Waals surface area (Å²) in [5, 5.41) is 0. The van der Waals surface area contributed by atoms with Crippen LogP contribution in [0, 0.1) is 6.92 Å². The van der Waals surface area contributed by atoms with Gasteiger partial charge in [-0.1, -0.05) is 178 Å². The van der Waals surface area contributed by atoms with Gasteiger partial charge in [0, 0.05) is 39.4 Å². The van der Waals surface area contributed by atoms with Crippen LogP contribution in [0.2, 0.25) is 0 Å². The Morgan fingerprint density at radius 1 is 0.284 bits per heavy atom. The molecule has 0 atom stereocenters. The van der Waals surface area contributed by atoms with Gasteiger partial charge in [-0.25, -0.2) is 0 Å². The van der Waals surface area contributed by atoms with Gasteiger partial charge in [0.25, 0.3) is 0 Å². The van der Waals surface area contributed by atoms with Crippen LogP contribution in [0.25, 0.3) is 33.4 Å². The number of benzene rings is 10. The van der Waals surface area contributed by atoms with E-state index in [1.54, 1.807) is 0 Å². The van der Waals surface area contributed by atoms with Crippen LogP contribution in [0.4, 0.5) is 51.2 Å². The molecule has 0 saturated heterocycles. The maximum atomic E-state index is 2.44. The van der Waals surface area contributed by atoms with Gasteiger partial charge in [0.2, 0.25) is 0 Å². The number of rotatable bonds is 11. The van der Waals surface area contributed by atoms with Gasteiger partial charge in [0.15, 0.2) is 0 Å². The zero-order valence-electron chi connectivity index (χ0n) is 38.1. The van der Waals surface area contributed by atoms with Crippen LogP contribution in [0.15, 0.2) is 255 Å². The first-order valence-corrected chi connectivity index (χ1v) is 23.2. The molecule has 0 aromatic heterocycles. The van der Waals surface area contributed by atoms with E-state index < -0.39 is 0 Å². The number of aryl methyl sites for hydroxylation is 1. The molecule has 0 fully saturated rings. The Morgan fingerprint density at radius 3 is 1.24 bits per heavy atom. The summed E-state index contributed by atoms with van der Waals surface area (Å²) >= 11 is 0. The van der Waals surface area contributed by atoms with E-state index in [-0.39, 0.29) is 5.41 Å². The van der Waals surface area contributed by atoms with Crippen LogP contribution in [0.5, 0.6) is 0 Å². The van der Waals surface area contributed by atoms with Crippen LogP contribution in [-0.2, 0) is 5.41 Å². The molecule has 3 heteroatoms. The summed E-state index contributed by atoms with van der Waals surface area (Å²) in [4.78, 5) is 7.16. The molecule has 0 aliphatic heterocycles. The van der Waals surface area contributed by atoms with Crippen molar-refractivity contribution in [2.75, 3.05) is 14.7 Å². The van der Waals surface area contributed by atoms with Crippen molar-refractivity contribution < 1.29 is 0 Å². The number of hydrogen-bond acceptors (Lipinski definition) is 3. The molecule has 10 aromatic carbocycles. The van der Waals surface area contributed by atoms with Gasteiger partial charge in [-0.2, -0.15) is 0 Å². The summed E-state index contributed by atoms with van der Waals surface area (Å²) in [6, 6.07) is 92.2. The molecule has 67 heavy (non-hydrogen) atoms. The second-order valence-electron chi connectivity index (χ2n) is 17.9. The number of nitrogens with zero attached hydrogens (tertiary/aromatic N) is 3. The molecule has 0 saturated carbocycles. The third-order valence-electron chi connectivity index (χ3n) is 13.3. The largest absolute Gasteiger partial charge is 0.310 e. The lowest BCUT2D eigenvalue weighted by Gasteiger charge is -2.33. The van der Waals surface area contributed by atoms with Crippen molar-refractivity contribution in [3.05, 3.63) is 271 Å². The van der Waals surface area contributed by atoms with Gasteiger partial charge >= 0.3 is 0 Å². The van der Waals surface area contributed by atoms with Crippen molar-refractivity contribution in [2.24, 2.45) is 0 Å². The average Bonchev–Trinajstić information content (AvgIpc) is 3.62. The van der Waals surface area contributed by atoms with E-state index in [0.29, 0.717) is 0 Å². The lowest BCUT2D eigenvalue weighted by molar-refractivity contribution is 0.660. The molecule has 1 aliphatic rings. The second kappa shape index (κ2) is 17.5. The lowest BCUT2D eigenvalue weighted by Crippen LogP contribution is -2.16. The third-order valence-corrected chi connectivity index (χ3v) is 13.3. The first kappa shape index (κ1) is 41.3. The zero-order valence-corrected chi connectivity index (χ0v) is 38.1. The van der Waals surface area contributed by atoms with Crippen molar-refractivity contribution in [3.63, 3.8) is 0 Å². The minimum atomic E-state index is -0.0892. The molecule has 0 heterocycles. The fourth-order valence-corrected chi connectivity index (χ4v) is 10.1. The highest BCUT2D eigenvalue weighted by Gasteiger charge is 2.36. The van der Waals surface area contributed by atoms with Crippen LogP contribution in [-0.4, -0.2) is 0 Å². The summed E-state index contributed by atoms with van der Waals surface area (Å²) in [5.41, 5.74) is 20.9. The molecule has 0 bridgehead atoms. The highest BCUT2D eigenvalue weighted by molar-refractivity contribution is 5.93. The molecule has 0 N–H and O–H groups in total. The van der Waals surface area contributed by atoms with Gasteiger partial charge in [0.1, 0.15) is 0 Å². The quantitative estimate of drug-likeness (QED) is 0.128. The second-order valence-corrected chi connectivity index (χ2v) is 17.9. The Hall–Kier alpha value is -8.40. The third kappa shape index (κ3) is 7.75. The Bertz CT molecular complexity index is 3130.